The average Bonchev–Trinajstić information content (AvgIpc) is 2.43. The van der Waals surface area contributed by atoms with Crippen molar-refractivity contribution < 1.29 is 4.42 Å². The lowest BCUT2D eigenvalue weighted by Crippen LogP contribution is -2.20. The molecule has 1 fully saturated rings. The van der Waals surface area contributed by atoms with Crippen LogP contribution in [0, 0.1) is 12.8 Å². The van der Waals surface area contributed by atoms with Gasteiger partial charge in [0.2, 0.25) is 0 Å². The standard InChI is InChI=1S/C11H17NO/c1-8-6-13-7-10(8)11(12)5-9-3-2-4-9/h6-7,9,11H,2-5,12H2,1H3. The highest BCUT2D eigenvalue weighted by Crippen LogP contribution is 2.34. The molecule has 2 N–H and O–H groups in total. The lowest BCUT2D eigenvalue weighted by Gasteiger charge is -2.27. The third-order valence-corrected chi connectivity index (χ3v) is 3.11. The SMILES string of the molecule is Cc1cocc1C(N)CC1CCC1. The lowest BCUT2D eigenvalue weighted by molar-refractivity contribution is 0.277. The molecule has 2 heteroatoms. The van der Waals surface area contributed by atoms with Crippen LogP contribution >= 0.6 is 0 Å². The minimum absolute atomic E-state index is 0.184. The molecule has 1 aliphatic rings. The van der Waals surface area contributed by atoms with E-state index >= 15 is 0 Å². The summed E-state index contributed by atoms with van der Waals surface area (Å²) in [4.78, 5) is 0. The second-order valence-corrected chi connectivity index (χ2v) is 4.15. The van der Waals surface area contributed by atoms with Gasteiger partial charge in [0.25, 0.3) is 0 Å². The maximum Gasteiger partial charge on any atom is 0.0953 e. The minimum atomic E-state index is 0.184. The predicted molar refractivity (Wildman–Crippen MR) is 52.3 cm³/mol. The summed E-state index contributed by atoms with van der Waals surface area (Å²) < 4.78 is 5.12. The Hall–Kier alpha value is -0.760. The Kier molecular flexibility index (Phi) is 2.40. The summed E-state index contributed by atoms with van der Waals surface area (Å²) >= 11 is 0. The Morgan fingerprint density at radius 1 is 1.54 bits per heavy atom. The van der Waals surface area contributed by atoms with Gasteiger partial charge in [0.15, 0.2) is 0 Å². The zero-order chi connectivity index (χ0) is 9.26. The van der Waals surface area contributed by atoms with Gasteiger partial charge in [0, 0.05) is 11.6 Å². The van der Waals surface area contributed by atoms with Crippen molar-refractivity contribution in [1.29, 1.82) is 0 Å². The van der Waals surface area contributed by atoms with Crippen LogP contribution in [-0.4, -0.2) is 0 Å². The Labute approximate surface area is 79.1 Å². The van der Waals surface area contributed by atoms with Crippen LogP contribution in [0.4, 0.5) is 0 Å². The minimum Gasteiger partial charge on any atom is -0.472 e. The molecule has 2 rings (SSSR count). The Bertz CT molecular complexity index is 275. The first-order valence-electron chi connectivity index (χ1n) is 5.05. The summed E-state index contributed by atoms with van der Waals surface area (Å²) in [6, 6.07) is 0.184. The molecular weight excluding hydrogens is 162 g/mol. The number of hydrogen-bond acceptors (Lipinski definition) is 2. The molecule has 0 spiro atoms. The van der Waals surface area contributed by atoms with Crippen molar-refractivity contribution in [2.75, 3.05) is 0 Å². The van der Waals surface area contributed by atoms with E-state index in [1.807, 2.05) is 0 Å². The third-order valence-electron chi connectivity index (χ3n) is 3.11. The van der Waals surface area contributed by atoms with E-state index < -0.39 is 0 Å². The fourth-order valence-corrected chi connectivity index (χ4v) is 1.96. The van der Waals surface area contributed by atoms with Crippen LogP contribution in [0.5, 0.6) is 0 Å². The zero-order valence-corrected chi connectivity index (χ0v) is 8.12. The van der Waals surface area contributed by atoms with Crippen molar-refractivity contribution in [2.45, 2.75) is 38.6 Å². The van der Waals surface area contributed by atoms with Crippen molar-refractivity contribution >= 4 is 0 Å². The van der Waals surface area contributed by atoms with Gasteiger partial charge in [-0.2, -0.15) is 0 Å². The van der Waals surface area contributed by atoms with Crippen LogP contribution < -0.4 is 5.73 Å². The van der Waals surface area contributed by atoms with E-state index in [0.29, 0.717) is 0 Å². The van der Waals surface area contributed by atoms with Gasteiger partial charge in [-0.25, -0.2) is 0 Å². The fraction of sp³-hybridized carbons (Fsp3) is 0.636. The Balaban J connectivity index is 1.96. The average molecular weight is 179 g/mol. The van der Waals surface area contributed by atoms with Crippen LogP contribution in [-0.2, 0) is 0 Å². The summed E-state index contributed by atoms with van der Waals surface area (Å²) in [7, 11) is 0. The Morgan fingerprint density at radius 3 is 2.77 bits per heavy atom. The molecule has 1 unspecified atom stereocenters. The third kappa shape index (κ3) is 1.78. The molecule has 1 saturated carbocycles. The molecule has 0 radical (unpaired) electrons. The van der Waals surface area contributed by atoms with Gasteiger partial charge in [0.1, 0.15) is 0 Å². The van der Waals surface area contributed by atoms with E-state index in [-0.39, 0.29) is 6.04 Å². The molecule has 1 heterocycles. The highest BCUT2D eigenvalue weighted by Gasteiger charge is 2.22. The molecule has 13 heavy (non-hydrogen) atoms. The molecule has 72 valence electrons. The van der Waals surface area contributed by atoms with Gasteiger partial charge < -0.3 is 10.2 Å². The lowest BCUT2D eigenvalue weighted by atomic mass is 9.80. The van der Waals surface area contributed by atoms with E-state index in [9.17, 15) is 0 Å². The van der Waals surface area contributed by atoms with E-state index in [1.54, 1.807) is 12.5 Å². The molecular formula is C11H17NO. The first-order chi connectivity index (χ1) is 6.27. The quantitative estimate of drug-likeness (QED) is 0.775. The zero-order valence-electron chi connectivity index (χ0n) is 8.12. The van der Waals surface area contributed by atoms with Crippen LogP contribution in [0.2, 0.25) is 0 Å². The van der Waals surface area contributed by atoms with Crippen molar-refractivity contribution in [3.8, 4) is 0 Å². The summed E-state index contributed by atoms with van der Waals surface area (Å²) in [5.41, 5.74) is 8.46. The second kappa shape index (κ2) is 3.54. The van der Waals surface area contributed by atoms with Gasteiger partial charge in [-0.3, -0.25) is 0 Å². The monoisotopic (exact) mass is 179 g/mol. The number of aryl methyl sites for hydroxylation is 1. The molecule has 0 bridgehead atoms. The molecule has 1 aliphatic carbocycles. The first-order valence-corrected chi connectivity index (χ1v) is 5.05. The van der Waals surface area contributed by atoms with Crippen LogP contribution in [0.15, 0.2) is 16.9 Å². The molecule has 0 amide bonds. The number of hydrogen-bond donors (Lipinski definition) is 1. The van der Waals surface area contributed by atoms with Gasteiger partial charge in [-0.05, 0) is 24.8 Å². The second-order valence-electron chi connectivity index (χ2n) is 4.15. The van der Waals surface area contributed by atoms with Crippen molar-refractivity contribution in [3.63, 3.8) is 0 Å². The maximum absolute atomic E-state index is 6.09. The molecule has 0 saturated heterocycles. The van der Waals surface area contributed by atoms with E-state index in [1.165, 1.54) is 30.4 Å². The molecule has 1 aromatic heterocycles. The van der Waals surface area contributed by atoms with Gasteiger partial charge >= 0.3 is 0 Å². The summed E-state index contributed by atoms with van der Waals surface area (Å²) in [5.74, 6) is 0.865. The van der Waals surface area contributed by atoms with E-state index in [4.69, 9.17) is 10.2 Å². The molecule has 0 aliphatic heterocycles. The smallest absolute Gasteiger partial charge is 0.0953 e. The van der Waals surface area contributed by atoms with E-state index in [2.05, 4.69) is 6.92 Å². The van der Waals surface area contributed by atoms with Crippen LogP contribution in [0.3, 0.4) is 0 Å². The van der Waals surface area contributed by atoms with Gasteiger partial charge in [-0.1, -0.05) is 19.3 Å². The predicted octanol–water partition coefficient (Wildman–Crippen LogP) is 2.78. The largest absolute Gasteiger partial charge is 0.472 e. The normalized spacial score (nSPS) is 19.8. The maximum atomic E-state index is 6.09. The fourth-order valence-electron chi connectivity index (χ4n) is 1.96. The molecule has 0 aromatic carbocycles. The van der Waals surface area contributed by atoms with Crippen LogP contribution in [0.25, 0.3) is 0 Å². The van der Waals surface area contributed by atoms with E-state index in [0.717, 1.165) is 12.3 Å². The van der Waals surface area contributed by atoms with Gasteiger partial charge in [-0.15, -0.1) is 0 Å². The molecule has 1 atom stereocenters. The highest BCUT2D eigenvalue weighted by molar-refractivity contribution is 5.22. The summed E-state index contributed by atoms with van der Waals surface area (Å²) in [6.07, 6.45) is 8.81. The summed E-state index contributed by atoms with van der Waals surface area (Å²) in [5, 5.41) is 0. The molecule has 2 nitrogen and oxygen atoms in total. The number of rotatable bonds is 3. The first kappa shape index (κ1) is 8.82. The van der Waals surface area contributed by atoms with Gasteiger partial charge in [0.05, 0.1) is 12.5 Å². The number of nitrogens with two attached hydrogens (primary N) is 1. The van der Waals surface area contributed by atoms with Crippen LogP contribution in [0.1, 0.15) is 42.9 Å². The van der Waals surface area contributed by atoms with Crippen molar-refractivity contribution in [1.82, 2.24) is 0 Å². The van der Waals surface area contributed by atoms with Crippen molar-refractivity contribution in [3.05, 3.63) is 23.7 Å². The molecule has 1 aromatic rings. The Morgan fingerprint density at radius 2 is 2.31 bits per heavy atom. The highest BCUT2D eigenvalue weighted by atomic mass is 16.3. The topological polar surface area (TPSA) is 39.2 Å². The number of furan rings is 1. The van der Waals surface area contributed by atoms with Crippen molar-refractivity contribution in [2.24, 2.45) is 11.7 Å². The summed E-state index contributed by atoms with van der Waals surface area (Å²) in [6.45, 7) is 2.06.